The van der Waals surface area contributed by atoms with Crippen molar-refractivity contribution < 1.29 is 40.6 Å². The molecule has 6 aromatic carbocycles. The molecule has 0 atom stereocenters. The van der Waals surface area contributed by atoms with Gasteiger partial charge in [0.25, 0.3) is 0 Å². The van der Waals surface area contributed by atoms with E-state index in [2.05, 4.69) is 36.0 Å². The number of pyridine rings is 2. The summed E-state index contributed by atoms with van der Waals surface area (Å²) in [7, 11) is 1.57. The molecule has 0 saturated carbocycles. The molecule has 0 saturated heterocycles. The average molecular weight is 957 g/mol. The van der Waals surface area contributed by atoms with E-state index in [1.807, 2.05) is 66.7 Å². The van der Waals surface area contributed by atoms with Gasteiger partial charge < -0.3 is 24.8 Å². The summed E-state index contributed by atoms with van der Waals surface area (Å²) < 4.78 is 98.1. The number of nitrogens with zero attached hydrogens (tertiary/aromatic N) is 6. The minimum absolute atomic E-state index is 0.230. The van der Waals surface area contributed by atoms with Crippen LogP contribution in [0.15, 0.2) is 152 Å². The number of rotatable bonds is 12. The number of benzene rings is 6. The number of hydrogen-bond donors (Lipinski definition) is 2. The van der Waals surface area contributed by atoms with Crippen molar-refractivity contribution in [2.45, 2.75) is 12.4 Å². The first-order chi connectivity index (χ1) is 32.8. The molecule has 10 aromatic rings. The normalized spacial score (nSPS) is 11.8. The van der Waals surface area contributed by atoms with Gasteiger partial charge in [0, 0.05) is 57.2 Å². The van der Waals surface area contributed by atoms with Gasteiger partial charge in [-0.25, -0.2) is 4.98 Å². The predicted octanol–water partition coefficient (Wildman–Crippen LogP) is 14.6. The van der Waals surface area contributed by atoms with E-state index in [0.29, 0.717) is 76.7 Å². The first-order valence-corrected chi connectivity index (χ1v) is 21.9. The minimum atomic E-state index is -4.48. The molecular formula is C49H30F6N8O3S2. The van der Waals surface area contributed by atoms with Crippen molar-refractivity contribution in [3.05, 3.63) is 163 Å². The molecule has 2 N–H and O–H groups in total. The molecule has 0 spiro atoms. The van der Waals surface area contributed by atoms with Gasteiger partial charge in [0.05, 0.1) is 35.0 Å². The number of anilines is 4. The van der Waals surface area contributed by atoms with Crippen molar-refractivity contribution in [1.29, 1.82) is 0 Å². The summed E-state index contributed by atoms with van der Waals surface area (Å²) in [6.45, 7) is 0. The maximum Gasteiger partial charge on any atom is 0.416 e. The van der Waals surface area contributed by atoms with Gasteiger partial charge >= 0.3 is 12.4 Å². The first-order valence-electron chi connectivity index (χ1n) is 20.3. The zero-order chi connectivity index (χ0) is 47.0. The number of aromatic nitrogens is 6. The zero-order valence-electron chi connectivity index (χ0n) is 34.9. The number of halogens is 6. The van der Waals surface area contributed by atoms with Crippen LogP contribution in [0.5, 0.6) is 28.7 Å². The zero-order valence-corrected chi connectivity index (χ0v) is 36.6. The second-order valence-corrected chi connectivity index (χ2v) is 16.9. The maximum absolute atomic E-state index is 13.3. The third kappa shape index (κ3) is 9.56. The number of alkyl halides is 6. The summed E-state index contributed by atoms with van der Waals surface area (Å²) in [5, 5.41) is 25.7. The molecule has 4 aromatic heterocycles. The monoisotopic (exact) mass is 956 g/mol. The number of fused-ring (bicyclic) bond motifs is 2. The van der Waals surface area contributed by atoms with Gasteiger partial charge in [-0.1, -0.05) is 53.0 Å². The van der Waals surface area contributed by atoms with Crippen molar-refractivity contribution in [3.8, 4) is 61.1 Å². The molecule has 0 fully saturated rings. The lowest BCUT2D eigenvalue weighted by atomic mass is 10.1. The van der Waals surface area contributed by atoms with Gasteiger partial charge in [0.15, 0.2) is 0 Å². The molecule has 0 radical (unpaired) electrons. The standard InChI is InChI=1S/C49H30F6N8O3S2/c1-64-35-16-17-37-41(25-35)59-40(26-43(37)66-36-10-2-5-29(21-36)45-61-63-47(68-45)58-33-9-4-7-31(24-33)49(53,54)55)28-13-18-39-38(22-28)42(19-20-56-39)65-34-14-11-27(12-15-34)44-60-62-46(67-44)57-32-8-3-6-30(23-32)48(50,51)52/h2-26H,1H3,(H,57,62)(H,58,63). The summed E-state index contributed by atoms with van der Waals surface area (Å²) in [5.74, 6) is 2.66. The Kier molecular flexibility index (Phi) is 11.5. The Balaban J connectivity index is 0.894. The summed E-state index contributed by atoms with van der Waals surface area (Å²) in [6.07, 6.45) is -7.30. The number of ether oxygens (including phenoxy) is 3. The number of hydrogen-bond acceptors (Lipinski definition) is 13. The van der Waals surface area contributed by atoms with Crippen LogP contribution in [-0.2, 0) is 12.4 Å². The maximum atomic E-state index is 13.3. The third-order valence-electron chi connectivity index (χ3n) is 10.3. The lowest BCUT2D eigenvalue weighted by molar-refractivity contribution is -0.138. The lowest BCUT2D eigenvalue weighted by Crippen LogP contribution is -2.05. The quantitative estimate of drug-likeness (QED) is 0.114. The van der Waals surface area contributed by atoms with Gasteiger partial charge in [-0.05, 0) is 103 Å². The molecule has 0 amide bonds. The Morgan fingerprint density at radius 3 is 1.76 bits per heavy atom. The van der Waals surface area contributed by atoms with E-state index in [-0.39, 0.29) is 11.4 Å². The van der Waals surface area contributed by atoms with Gasteiger partial charge in [0.1, 0.15) is 38.8 Å². The van der Waals surface area contributed by atoms with E-state index in [1.165, 1.54) is 46.9 Å². The largest absolute Gasteiger partial charge is 0.497 e. The van der Waals surface area contributed by atoms with Gasteiger partial charge in [-0.2, -0.15) is 26.3 Å². The van der Waals surface area contributed by atoms with Crippen molar-refractivity contribution in [1.82, 2.24) is 30.4 Å². The van der Waals surface area contributed by atoms with Gasteiger partial charge in [-0.3, -0.25) is 4.98 Å². The van der Waals surface area contributed by atoms with Gasteiger partial charge in [0.2, 0.25) is 10.3 Å². The van der Waals surface area contributed by atoms with Crippen LogP contribution in [0.3, 0.4) is 0 Å². The fourth-order valence-corrected chi connectivity index (χ4v) is 8.62. The Hall–Kier alpha value is -8.16. The molecule has 0 bridgehead atoms. The SMILES string of the molecule is COc1ccc2c(Oc3cccc(-c4nnc(Nc5cccc(C(F)(F)F)c5)s4)c3)cc(-c3ccc4nccc(Oc5ccc(-c6nnc(Nc7cccc(C(F)(F)F)c7)s6)cc5)c4c3)nc2c1. The van der Waals surface area contributed by atoms with Crippen molar-refractivity contribution >= 4 is 66.1 Å². The highest BCUT2D eigenvalue weighted by Crippen LogP contribution is 2.40. The Morgan fingerprint density at radius 1 is 0.485 bits per heavy atom. The summed E-state index contributed by atoms with van der Waals surface area (Å²) >= 11 is 2.37. The minimum Gasteiger partial charge on any atom is -0.497 e. The molecule has 0 aliphatic heterocycles. The van der Waals surface area contributed by atoms with Crippen LogP contribution >= 0.6 is 22.7 Å². The van der Waals surface area contributed by atoms with Crippen LogP contribution in [0.2, 0.25) is 0 Å². The predicted molar refractivity (Wildman–Crippen MR) is 249 cm³/mol. The fraction of sp³-hybridized carbons (Fsp3) is 0.0612. The van der Waals surface area contributed by atoms with Crippen LogP contribution in [0.25, 0.3) is 54.2 Å². The lowest BCUT2D eigenvalue weighted by Gasteiger charge is -2.14. The highest BCUT2D eigenvalue weighted by atomic mass is 32.1. The Morgan fingerprint density at radius 2 is 1.10 bits per heavy atom. The van der Waals surface area contributed by atoms with E-state index in [1.54, 1.807) is 43.6 Å². The summed E-state index contributed by atoms with van der Waals surface area (Å²) in [6, 6.07) is 39.0. The number of methoxy groups -OCH3 is 1. The molecule has 4 heterocycles. The molecule has 11 nitrogen and oxygen atoms in total. The highest BCUT2D eigenvalue weighted by Gasteiger charge is 2.31. The molecule has 68 heavy (non-hydrogen) atoms. The van der Waals surface area contributed by atoms with E-state index in [9.17, 15) is 26.3 Å². The molecule has 0 aliphatic rings. The molecule has 338 valence electrons. The van der Waals surface area contributed by atoms with E-state index < -0.39 is 23.5 Å². The van der Waals surface area contributed by atoms with Crippen LogP contribution < -0.4 is 24.8 Å². The summed E-state index contributed by atoms with van der Waals surface area (Å²) in [5.41, 5.74) is 2.96. The average Bonchev–Trinajstić information content (AvgIpc) is 4.01. The number of nitrogens with one attached hydrogen (secondary N) is 2. The fourth-order valence-electron chi connectivity index (χ4n) is 7.09. The van der Waals surface area contributed by atoms with Crippen LogP contribution in [0.1, 0.15) is 11.1 Å². The van der Waals surface area contributed by atoms with Crippen LogP contribution in [0, 0.1) is 0 Å². The third-order valence-corrected chi connectivity index (χ3v) is 12.1. The molecule has 0 unspecified atom stereocenters. The molecular weight excluding hydrogens is 927 g/mol. The van der Waals surface area contributed by atoms with E-state index in [4.69, 9.17) is 19.2 Å². The topological polar surface area (TPSA) is 129 Å². The smallest absolute Gasteiger partial charge is 0.416 e. The second kappa shape index (κ2) is 17.9. The van der Waals surface area contributed by atoms with E-state index in [0.717, 1.165) is 40.8 Å². The van der Waals surface area contributed by atoms with Crippen LogP contribution in [-0.4, -0.2) is 37.5 Å². The molecule has 19 heteroatoms. The Labute approximate surface area is 389 Å². The van der Waals surface area contributed by atoms with E-state index >= 15 is 0 Å². The Bertz CT molecular complexity index is 3470. The molecule has 0 aliphatic carbocycles. The van der Waals surface area contributed by atoms with Gasteiger partial charge in [-0.15, -0.1) is 20.4 Å². The second-order valence-electron chi connectivity index (χ2n) is 14.9. The molecule has 10 rings (SSSR count). The highest BCUT2D eigenvalue weighted by molar-refractivity contribution is 7.18. The summed E-state index contributed by atoms with van der Waals surface area (Å²) in [4.78, 5) is 9.57. The van der Waals surface area contributed by atoms with Crippen molar-refractivity contribution in [2.24, 2.45) is 0 Å². The first kappa shape index (κ1) is 43.7. The van der Waals surface area contributed by atoms with Crippen LogP contribution in [0.4, 0.5) is 48.0 Å². The van der Waals surface area contributed by atoms with Crippen molar-refractivity contribution in [3.63, 3.8) is 0 Å². The van der Waals surface area contributed by atoms with Crippen molar-refractivity contribution in [2.75, 3.05) is 17.7 Å².